The average Bonchev–Trinajstić information content (AvgIpc) is 2.85. The van der Waals surface area contributed by atoms with Gasteiger partial charge >= 0.3 is 0 Å². The third-order valence-corrected chi connectivity index (χ3v) is 6.57. The third-order valence-electron chi connectivity index (χ3n) is 6.57. The standard InChI is InChI=1S/C26H33N5/c1-5-13-30(14-6-1)25-12-11-21(19-28-25)18-27-20-23-17-22-9-3-4-10-24(22)29-26(23)31-15-7-2-8-16-31/h3-4,9-12,17,19,27H,1-2,5-8,13-16,18,20H2. The molecule has 0 unspecified atom stereocenters. The molecule has 5 rings (SSSR count). The number of hydrogen-bond acceptors (Lipinski definition) is 5. The van der Waals surface area contributed by atoms with Gasteiger partial charge in [-0.3, -0.25) is 0 Å². The molecule has 0 spiro atoms. The van der Waals surface area contributed by atoms with Gasteiger partial charge in [0.2, 0.25) is 0 Å². The second kappa shape index (κ2) is 9.65. The Kier molecular flexibility index (Phi) is 6.30. The van der Waals surface area contributed by atoms with Crippen LogP contribution < -0.4 is 15.1 Å². The monoisotopic (exact) mass is 415 g/mol. The van der Waals surface area contributed by atoms with Crippen LogP contribution in [0.4, 0.5) is 11.6 Å². The molecule has 2 aliphatic rings. The third kappa shape index (κ3) is 4.82. The first-order valence-corrected chi connectivity index (χ1v) is 11.9. The van der Waals surface area contributed by atoms with Gasteiger partial charge in [-0.05, 0) is 62.3 Å². The van der Waals surface area contributed by atoms with Crippen molar-refractivity contribution in [3.63, 3.8) is 0 Å². The number of nitrogens with one attached hydrogen (secondary N) is 1. The minimum Gasteiger partial charge on any atom is -0.357 e. The summed E-state index contributed by atoms with van der Waals surface area (Å²) in [4.78, 5) is 14.7. The molecule has 0 saturated carbocycles. The Morgan fingerprint density at radius 2 is 1.52 bits per heavy atom. The summed E-state index contributed by atoms with van der Waals surface area (Å²) in [6, 6.07) is 15.2. The molecule has 0 radical (unpaired) electrons. The fourth-order valence-corrected chi connectivity index (χ4v) is 4.83. The molecule has 2 saturated heterocycles. The number of benzene rings is 1. The number of aromatic nitrogens is 2. The Morgan fingerprint density at radius 3 is 2.26 bits per heavy atom. The van der Waals surface area contributed by atoms with E-state index >= 15 is 0 Å². The van der Waals surface area contributed by atoms with Crippen molar-refractivity contribution in [3.05, 3.63) is 59.8 Å². The first-order chi connectivity index (χ1) is 15.4. The lowest BCUT2D eigenvalue weighted by Crippen LogP contribution is -2.31. The van der Waals surface area contributed by atoms with Crippen LogP contribution in [0.15, 0.2) is 48.7 Å². The largest absolute Gasteiger partial charge is 0.357 e. The van der Waals surface area contributed by atoms with Crippen LogP contribution in [0.3, 0.4) is 0 Å². The van der Waals surface area contributed by atoms with Gasteiger partial charge in [-0.25, -0.2) is 9.97 Å². The maximum Gasteiger partial charge on any atom is 0.133 e. The zero-order chi connectivity index (χ0) is 20.9. The van der Waals surface area contributed by atoms with Gasteiger partial charge in [0, 0.05) is 56.4 Å². The van der Waals surface area contributed by atoms with Crippen molar-refractivity contribution in [1.82, 2.24) is 15.3 Å². The SMILES string of the molecule is c1ccc2nc(N3CCCCC3)c(CNCc3ccc(N4CCCCC4)nc3)cc2c1. The highest BCUT2D eigenvalue weighted by Gasteiger charge is 2.17. The van der Waals surface area contributed by atoms with Gasteiger partial charge in [0.05, 0.1) is 5.52 Å². The molecule has 2 aromatic heterocycles. The number of fused-ring (bicyclic) bond motifs is 1. The summed E-state index contributed by atoms with van der Waals surface area (Å²) in [6.45, 7) is 6.13. The number of anilines is 2. The minimum atomic E-state index is 0.817. The molecule has 2 aliphatic heterocycles. The molecule has 31 heavy (non-hydrogen) atoms. The number of rotatable bonds is 6. The Bertz CT molecular complexity index is 988. The van der Waals surface area contributed by atoms with Crippen LogP contribution >= 0.6 is 0 Å². The molecule has 0 amide bonds. The average molecular weight is 416 g/mol. The lowest BCUT2D eigenvalue weighted by molar-refractivity contribution is 0.570. The first-order valence-electron chi connectivity index (χ1n) is 11.9. The smallest absolute Gasteiger partial charge is 0.133 e. The molecule has 0 aliphatic carbocycles. The minimum absolute atomic E-state index is 0.817. The van der Waals surface area contributed by atoms with Gasteiger partial charge in [0.25, 0.3) is 0 Å². The Morgan fingerprint density at radius 1 is 0.774 bits per heavy atom. The van der Waals surface area contributed by atoms with E-state index in [0.717, 1.165) is 56.4 Å². The molecule has 4 heterocycles. The van der Waals surface area contributed by atoms with Gasteiger partial charge in [-0.2, -0.15) is 0 Å². The zero-order valence-corrected chi connectivity index (χ0v) is 18.4. The highest BCUT2D eigenvalue weighted by molar-refractivity contribution is 5.81. The number of pyridine rings is 2. The molecule has 3 aromatic rings. The molecular formula is C26H33N5. The van der Waals surface area contributed by atoms with E-state index in [4.69, 9.17) is 9.97 Å². The summed E-state index contributed by atoms with van der Waals surface area (Å²) in [6.07, 6.45) is 9.79. The molecule has 5 heteroatoms. The molecule has 0 bridgehead atoms. The van der Waals surface area contributed by atoms with Crippen LogP contribution in [0.2, 0.25) is 0 Å². The van der Waals surface area contributed by atoms with E-state index in [0.29, 0.717) is 0 Å². The van der Waals surface area contributed by atoms with E-state index in [1.807, 2.05) is 6.20 Å². The number of para-hydroxylation sites is 1. The van der Waals surface area contributed by atoms with Crippen LogP contribution in [0.5, 0.6) is 0 Å². The normalized spacial score (nSPS) is 17.3. The van der Waals surface area contributed by atoms with Crippen molar-refractivity contribution in [1.29, 1.82) is 0 Å². The van der Waals surface area contributed by atoms with Gasteiger partial charge < -0.3 is 15.1 Å². The summed E-state index contributed by atoms with van der Waals surface area (Å²) < 4.78 is 0. The Hall–Kier alpha value is -2.66. The summed E-state index contributed by atoms with van der Waals surface area (Å²) in [7, 11) is 0. The highest BCUT2D eigenvalue weighted by atomic mass is 15.2. The number of hydrogen-bond donors (Lipinski definition) is 1. The molecule has 0 atom stereocenters. The van der Waals surface area contributed by atoms with Crippen molar-refractivity contribution in [2.75, 3.05) is 36.0 Å². The fourth-order valence-electron chi connectivity index (χ4n) is 4.83. The second-order valence-electron chi connectivity index (χ2n) is 8.89. The van der Waals surface area contributed by atoms with E-state index in [1.165, 1.54) is 55.0 Å². The van der Waals surface area contributed by atoms with Gasteiger partial charge in [0.1, 0.15) is 11.6 Å². The lowest BCUT2D eigenvalue weighted by atomic mass is 10.1. The maximum atomic E-state index is 5.06. The van der Waals surface area contributed by atoms with E-state index in [2.05, 4.69) is 57.6 Å². The van der Waals surface area contributed by atoms with Gasteiger partial charge in [0.15, 0.2) is 0 Å². The van der Waals surface area contributed by atoms with Crippen LogP contribution in [-0.2, 0) is 13.1 Å². The summed E-state index contributed by atoms with van der Waals surface area (Å²) >= 11 is 0. The van der Waals surface area contributed by atoms with Crippen molar-refractivity contribution in [2.24, 2.45) is 0 Å². The summed E-state index contributed by atoms with van der Waals surface area (Å²) in [5, 5.41) is 4.86. The molecule has 1 N–H and O–H groups in total. The number of nitrogens with zero attached hydrogens (tertiary/aromatic N) is 4. The summed E-state index contributed by atoms with van der Waals surface area (Å²) in [5.74, 6) is 2.28. The van der Waals surface area contributed by atoms with Crippen molar-refractivity contribution in [2.45, 2.75) is 51.6 Å². The molecule has 2 fully saturated rings. The molecule has 5 nitrogen and oxygen atoms in total. The highest BCUT2D eigenvalue weighted by Crippen LogP contribution is 2.26. The van der Waals surface area contributed by atoms with E-state index < -0.39 is 0 Å². The predicted octanol–water partition coefficient (Wildman–Crippen LogP) is 4.90. The second-order valence-corrected chi connectivity index (χ2v) is 8.89. The maximum absolute atomic E-state index is 5.06. The predicted molar refractivity (Wildman–Crippen MR) is 129 cm³/mol. The van der Waals surface area contributed by atoms with E-state index in [1.54, 1.807) is 0 Å². The van der Waals surface area contributed by atoms with Crippen LogP contribution in [0.1, 0.15) is 49.7 Å². The van der Waals surface area contributed by atoms with Crippen LogP contribution in [-0.4, -0.2) is 36.1 Å². The fraction of sp³-hybridized carbons (Fsp3) is 0.462. The molecule has 1 aromatic carbocycles. The van der Waals surface area contributed by atoms with E-state index in [9.17, 15) is 0 Å². The van der Waals surface area contributed by atoms with Crippen molar-refractivity contribution >= 4 is 22.5 Å². The van der Waals surface area contributed by atoms with Gasteiger partial charge in [-0.15, -0.1) is 0 Å². The quantitative estimate of drug-likeness (QED) is 0.620. The van der Waals surface area contributed by atoms with Crippen LogP contribution in [0, 0.1) is 0 Å². The van der Waals surface area contributed by atoms with Crippen molar-refractivity contribution < 1.29 is 0 Å². The Balaban J connectivity index is 1.27. The number of piperidine rings is 2. The van der Waals surface area contributed by atoms with Crippen molar-refractivity contribution in [3.8, 4) is 0 Å². The zero-order valence-electron chi connectivity index (χ0n) is 18.4. The first kappa shape index (κ1) is 20.3. The molecule has 162 valence electrons. The topological polar surface area (TPSA) is 44.3 Å². The van der Waals surface area contributed by atoms with E-state index in [-0.39, 0.29) is 0 Å². The Labute approximate surface area is 185 Å². The summed E-state index contributed by atoms with van der Waals surface area (Å²) in [5.41, 5.74) is 3.61. The molecular weight excluding hydrogens is 382 g/mol. The van der Waals surface area contributed by atoms with Gasteiger partial charge in [-0.1, -0.05) is 24.3 Å². The van der Waals surface area contributed by atoms with Crippen LogP contribution in [0.25, 0.3) is 10.9 Å². The lowest BCUT2D eigenvalue weighted by Gasteiger charge is -2.30.